The lowest BCUT2D eigenvalue weighted by Gasteiger charge is -2.37. The van der Waals surface area contributed by atoms with Gasteiger partial charge < -0.3 is 14.8 Å². The Balaban J connectivity index is 1.83. The van der Waals surface area contributed by atoms with Crippen molar-refractivity contribution < 1.29 is 4.79 Å². The van der Waals surface area contributed by atoms with Gasteiger partial charge in [-0.3, -0.25) is 0 Å². The highest BCUT2D eigenvalue weighted by Crippen LogP contribution is 2.31. The first kappa shape index (κ1) is 15.9. The molecule has 2 amide bonds. The minimum atomic E-state index is -0.0627. The van der Waals surface area contributed by atoms with Gasteiger partial charge in [0.15, 0.2) is 0 Å². The van der Waals surface area contributed by atoms with E-state index in [1.165, 1.54) is 11.4 Å². The van der Waals surface area contributed by atoms with Gasteiger partial charge in [-0.1, -0.05) is 24.6 Å². The summed E-state index contributed by atoms with van der Waals surface area (Å²) in [5.74, 6) is 0. The van der Waals surface area contributed by atoms with E-state index in [2.05, 4.69) is 35.9 Å². The van der Waals surface area contributed by atoms with Crippen LogP contribution in [-0.2, 0) is 6.54 Å². The number of amides is 2. The van der Waals surface area contributed by atoms with Gasteiger partial charge in [0.05, 0.1) is 6.04 Å². The highest BCUT2D eigenvalue weighted by Gasteiger charge is 2.30. The van der Waals surface area contributed by atoms with Gasteiger partial charge in [0, 0.05) is 35.2 Å². The first-order valence-corrected chi connectivity index (χ1v) is 8.39. The van der Waals surface area contributed by atoms with Crippen LogP contribution in [0.5, 0.6) is 0 Å². The largest absolute Gasteiger partial charge is 0.345 e. The third-order valence-corrected chi connectivity index (χ3v) is 4.84. The number of carbonyl (C=O) groups is 1. The fraction of sp³-hybridized carbons (Fsp3) is 0.389. The zero-order valence-electron chi connectivity index (χ0n) is 13.8. The zero-order chi connectivity index (χ0) is 16.6. The molecule has 122 valence electrons. The quantitative estimate of drug-likeness (QED) is 0.846. The average molecular weight is 332 g/mol. The van der Waals surface area contributed by atoms with Crippen molar-refractivity contribution in [2.75, 3.05) is 11.9 Å². The smallest absolute Gasteiger partial charge is 0.322 e. The molecule has 3 rings (SSSR count). The predicted molar refractivity (Wildman–Crippen MR) is 94.1 cm³/mol. The van der Waals surface area contributed by atoms with Gasteiger partial charge in [0.2, 0.25) is 0 Å². The number of aromatic nitrogens is 1. The molecule has 0 saturated carbocycles. The van der Waals surface area contributed by atoms with Crippen LogP contribution in [0.3, 0.4) is 0 Å². The van der Waals surface area contributed by atoms with E-state index in [0.29, 0.717) is 11.6 Å². The lowest BCUT2D eigenvalue weighted by Crippen LogP contribution is -2.44. The minimum Gasteiger partial charge on any atom is -0.345 e. The molecule has 0 aliphatic carbocycles. The normalized spacial score (nSPS) is 17.0. The number of hydrogen-bond acceptors (Lipinski definition) is 1. The Kier molecular flexibility index (Phi) is 4.35. The summed E-state index contributed by atoms with van der Waals surface area (Å²) < 4.78 is 2.31. The van der Waals surface area contributed by atoms with Crippen LogP contribution in [0.2, 0.25) is 5.02 Å². The van der Waals surface area contributed by atoms with Crippen molar-refractivity contribution in [1.82, 2.24) is 9.47 Å². The zero-order valence-corrected chi connectivity index (χ0v) is 14.5. The summed E-state index contributed by atoms with van der Waals surface area (Å²) in [6, 6.07) is 9.85. The number of rotatable bonds is 2. The third kappa shape index (κ3) is 2.95. The molecule has 4 nitrogen and oxygen atoms in total. The Morgan fingerprint density at radius 2 is 2.04 bits per heavy atom. The standard InChI is InChI=1S/C18H22ClN3O/c1-4-16-17-8-6-13(3)21(17)9-10-22(16)18(23)20-15-11-14(19)7-5-12(15)2/h5-8,11,16H,4,9-10H2,1-3H3,(H,20,23)/t16-/m0/s1. The van der Waals surface area contributed by atoms with Crippen LogP contribution in [0.1, 0.15) is 36.3 Å². The molecule has 1 aromatic heterocycles. The summed E-state index contributed by atoms with van der Waals surface area (Å²) in [5, 5.41) is 3.64. The molecule has 0 spiro atoms. The van der Waals surface area contributed by atoms with Crippen molar-refractivity contribution >= 4 is 23.3 Å². The van der Waals surface area contributed by atoms with Gasteiger partial charge in [0.1, 0.15) is 0 Å². The number of anilines is 1. The first-order valence-electron chi connectivity index (χ1n) is 8.01. The molecular formula is C18H22ClN3O. The number of nitrogens with zero attached hydrogens (tertiary/aromatic N) is 2. The van der Waals surface area contributed by atoms with Crippen LogP contribution < -0.4 is 5.32 Å². The van der Waals surface area contributed by atoms with Crippen molar-refractivity contribution in [3.8, 4) is 0 Å². The van der Waals surface area contributed by atoms with Gasteiger partial charge in [-0.05, 0) is 50.1 Å². The highest BCUT2D eigenvalue weighted by atomic mass is 35.5. The maximum absolute atomic E-state index is 12.8. The van der Waals surface area contributed by atoms with Crippen LogP contribution in [0.15, 0.2) is 30.3 Å². The van der Waals surface area contributed by atoms with Crippen molar-refractivity contribution in [3.05, 3.63) is 52.3 Å². The number of aryl methyl sites for hydroxylation is 2. The molecule has 0 unspecified atom stereocenters. The lowest BCUT2D eigenvalue weighted by atomic mass is 10.1. The molecule has 0 radical (unpaired) electrons. The minimum absolute atomic E-state index is 0.0627. The maximum atomic E-state index is 12.8. The summed E-state index contributed by atoms with van der Waals surface area (Å²) in [5.41, 5.74) is 4.25. The third-order valence-electron chi connectivity index (χ3n) is 4.60. The molecule has 1 atom stereocenters. The first-order chi connectivity index (χ1) is 11.0. The lowest BCUT2D eigenvalue weighted by molar-refractivity contribution is 0.165. The van der Waals surface area contributed by atoms with Crippen LogP contribution in [0.25, 0.3) is 0 Å². The van der Waals surface area contributed by atoms with E-state index in [1.807, 2.05) is 24.0 Å². The van der Waals surface area contributed by atoms with Crippen molar-refractivity contribution in [2.24, 2.45) is 0 Å². The molecule has 0 bridgehead atoms. The van der Waals surface area contributed by atoms with Gasteiger partial charge in [-0.15, -0.1) is 0 Å². The molecule has 2 heterocycles. The van der Waals surface area contributed by atoms with Crippen molar-refractivity contribution in [3.63, 3.8) is 0 Å². The fourth-order valence-corrected chi connectivity index (χ4v) is 3.47. The molecule has 1 aromatic carbocycles. The van der Waals surface area contributed by atoms with E-state index in [-0.39, 0.29) is 12.1 Å². The van der Waals surface area contributed by atoms with Crippen molar-refractivity contribution in [2.45, 2.75) is 39.8 Å². The van der Waals surface area contributed by atoms with E-state index < -0.39 is 0 Å². The number of carbonyl (C=O) groups excluding carboxylic acids is 1. The topological polar surface area (TPSA) is 37.3 Å². The molecule has 1 aliphatic heterocycles. The van der Waals surface area contributed by atoms with Gasteiger partial charge in [0.25, 0.3) is 0 Å². The molecule has 23 heavy (non-hydrogen) atoms. The van der Waals surface area contributed by atoms with Crippen molar-refractivity contribution in [1.29, 1.82) is 0 Å². The summed E-state index contributed by atoms with van der Waals surface area (Å²) in [6.45, 7) is 7.75. The Labute approximate surface area is 142 Å². The fourth-order valence-electron chi connectivity index (χ4n) is 3.30. The van der Waals surface area contributed by atoms with Gasteiger partial charge in [-0.2, -0.15) is 0 Å². The Hall–Kier alpha value is -1.94. The number of nitrogens with one attached hydrogen (secondary N) is 1. The second-order valence-corrected chi connectivity index (χ2v) is 6.49. The van der Waals surface area contributed by atoms with Gasteiger partial charge in [-0.25, -0.2) is 4.79 Å². The molecule has 0 saturated heterocycles. The number of benzene rings is 1. The van der Waals surface area contributed by atoms with Crippen LogP contribution >= 0.6 is 11.6 Å². The maximum Gasteiger partial charge on any atom is 0.322 e. The number of fused-ring (bicyclic) bond motifs is 1. The molecule has 0 fully saturated rings. The van der Waals surface area contributed by atoms with Gasteiger partial charge >= 0.3 is 6.03 Å². The number of halogens is 1. The number of urea groups is 1. The Bertz CT molecular complexity index is 738. The van der Waals surface area contributed by atoms with E-state index in [0.717, 1.165) is 24.2 Å². The molecular weight excluding hydrogens is 310 g/mol. The highest BCUT2D eigenvalue weighted by molar-refractivity contribution is 6.31. The van der Waals surface area contributed by atoms with E-state index in [4.69, 9.17) is 11.6 Å². The second kappa shape index (κ2) is 6.28. The summed E-state index contributed by atoms with van der Waals surface area (Å²) >= 11 is 6.04. The summed E-state index contributed by atoms with van der Waals surface area (Å²) in [6.07, 6.45) is 0.894. The monoisotopic (exact) mass is 331 g/mol. The molecule has 1 aliphatic rings. The Morgan fingerprint density at radius 3 is 2.78 bits per heavy atom. The average Bonchev–Trinajstić information content (AvgIpc) is 2.91. The van der Waals surface area contributed by atoms with Crippen LogP contribution in [0, 0.1) is 13.8 Å². The van der Waals surface area contributed by atoms with Crippen LogP contribution in [0.4, 0.5) is 10.5 Å². The van der Waals surface area contributed by atoms with Crippen LogP contribution in [-0.4, -0.2) is 22.0 Å². The van der Waals surface area contributed by atoms with E-state index in [9.17, 15) is 4.79 Å². The SMILES string of the molecule is CC[C@H]1c2ccc(C)n2CCN1C(=O)Nc1cc(Cl)ccc1C. The molecule has 1 N–H and O–H groups in total. The number of hydrogen-bond donors (Lipinski definition) is 1. The van der Waals surface area contributed by atoms with E-state index in [1.54, 1.807) is 6.07 Å². The summed E-state index contributed by atoms with van der Waals surface area (Å²) in [7, 11) is 0. The van der Waals surface area contributed by atoms with E-state index >= 15 is 0 Å². The molecule has 2 aromatic rings. The summed E-state index contributed by atoms with van der Waals surface area (Å²) in [4.78, 5) is 14.7. The molecule has 5 heteroatoms. The second-order valence-electron chi connectivity index (χ2n) is 6.06. The Morgan fingerprint density at radius 1 is 1.26 bits per heavy atom. The predicted octanol–water partition coefficient (Wildman–Crippen LogP) is 4.76.